The molecule has 1 saturated heterocycles. The number of anilines is 1. The van der Waals surface area contributed by atoms with Crippen LogP contribution < -0.4 is 9.62 Å². The minimum atomic E-state index is -4.92. The summed E-state index contributed by atoms with van der Waals surface area (Å²) in [5.74, 6) is -0.624. The van der Waals surface area contributed by atoms with Gasteiger partial charge >= 0.3 is 6.18 Å². The van der Waals surface area contributed by atoms with Crippen molar-refractivity contribution in [2.24, 2.45) is 0 Å². The fourth-order valence-electron chi connectivity index (χ4n) is 4.50. The van der Waals surface area contributed by atoms with Crippen LogP contribution in [0.25, 0.3) is 0 Å². The maximum atomic E-state index is 13.5. The molecule has 0 radical (unpaired) electrons. The van der Waals surface area contributed by atoms with Gasteiger partial charge in [-0.3, -0.25) is 0 Å². The molecule has 0 bridgehead atoms. The number of nitrogens with zero attached hydrogens (tertiary/aromatic N) is 2. The molecule has 0 unspecified atom stereocenters. The average molecular weight is 634 g/mol. The normalized spacial score (nSPS) is 20.5. The summed E-state index contributed by atoms with van der Waals surface area (Å²) in [5.41, 5.74) is -3.09. The number of alkyl halides is 3. The molecule has 1 fully saturated rings. The third kappa shape index (κ3) is 6.54. The van der Waals surface area contributed by atoms with E-state index in [0.29, 0.717) is 12.6 Å². The molecule has 2 aromatic rings. The fraction of sp³-hybridized carbons (Fsp3) is 0.346. The second-order valence-corrected chi connectivity index (χ2v) is 13.9. The number of allylic oxidation sites excluding steroid dienone is 4. The summed E-state index contributed by atoms with van der Waals surface area (Å²) in [5, 5.41) is 10.0. The molecule has 2 N–H and O–H groups in total. The quantitative estimate of drug-likeness (QED) is 0.338. The minimum absolute atomic E-state index is 0.00473. The maximum absolute atomic E-state index is 13.5. The lowest BCUT2D eigenvalue weighted by Crippen LogP contribution is -2.58. The number of hydrogen-bond donors (Lipinski definition) is 2. The number of benzene rings is 2. The third-order valence-corrected chi connectivity index (χ3v) is 10.9. The van der Waals surface area contributed by atoms with Crippen molar-refractivity contribution in [3.63, 3.8) is 0 Å². The fourth-order valence-corrected chi connectivity index (χ4v) is 7.64. The van der Waals surface area contributed by atoms with Gasteiger partial charge in [-0.2, -0.15) is 17.5 Å². The number of nitrogens with one attached hydrogen (secondary N) is 1. The zero-order valence-corrected chi connectivity index (χ0v) is 24.1. The van der Waals surface area contributed by atoms with E-state index in [-0.39, 0.29) is 47.3 Å². The van der Waals surface area contributed by atoms with Crippen LogP contribution >= 0.6 is 12.2 Å². The van der Waals surface area contributed by atoms with Crippen LogP contribution in [-0.4, -0.2) is 69.5 Å². The number of rotatable bonds is 8. The van der Waals surface area contributed by atoms with E-state index in [1.165, 1.54) is 22.5 Å². The van der Waals surface area contributed by atoms with E-state index in [9.17, 15) is 39.5 Å². The summed E-state index contributed by atoms with van der Waals surface area (Å²) in [6, 6.07) is 8.29. The molecular weight excluding hydrogens is 606 g/mol. The molecule has 0 saturated carbocycles. The Balaban J connectivity index is 1.63. The molecule has 0 spiro atoms. The zero-order valence-electron chi connectivity index (χ0n) is 21.7. The second-order valence-electron chi connectivity index (χ2n) is 9.72. The lowest BCUT2D eigenvalue weighted by atomic mass is 9.95. The van der Waals surface area contributed by atoms with Crippen LogP contribution in [-0.2, 0) is 25.6 Å². The van der Waals surface area contributed by atoms with E-state index < -0.39 is 49.2 Å². The number of thiocarbonyl (C=S) groups is 1. The molecule has 1 aliphatic carbocycles. The Bertz CT molecular complexity index is 1570. The molecule has 2 atom stereocenters. The first-order valence-corrected chi connectivity index (χ1v) is 15.7. The van der Waals surface area contributed by atoms with Gasteiger partial charge in [0.15, 0.2) is 5.60 Å². The summed E-state index contributed by atoms with van der Waals surface area (Å²) in [7, 11) is -8.14. The topological polar surface area (TPSA) is 107 Å². The van der Waals surface area contributed by atoms with Crippen LogP contribution in [0.2, 0.25) is 0 Å². The van der Waals surface area contributed by atoms with Crippen molar-refractivity contribution in [3.8, 4) is 0 Å². The molecule has 222 valence electrons. The Labute approximate surface area is 241 Å². The van der Waals surface area contributed by atoms with Gasteiger partial charge in [0.05, 0.1) is 15.8 Å². The highest BCUT2D eigenvalue weighted by molar-refractivity contribution is 7.96. The predicted molar refractivity (Wildman–Crippen MR) is 150 cm³/mol. The standard InChI is InChI=1S/C26H27F4N3O5S3/c1-25(34,26(28,29)30)18-6-10-20(11-7-18)33-15-14-32(41(37,38)24-5-3-2-4-23(24)39)17-21(33)16-31-40(35,36)22-12-8-19(27)9-13-22/h2-3,5-13,21,31,34H,4,14-17H2,1H3/t21-,25+/m0/s1. The van der Waals surface area contributed by atoms with Crippen molar-refractivity contribution in [2.45, 2.75) is 36.1 Å². The van der Waals surface area contributed by atoms with Crippen molar-refractivity contribution in [2.75, 3.05) is 31.1 Å². The number of piperazine rings is 1. The average Bonchev–Trinajstić information content (AvgIpc) is 2.91. The lowest BCUT2D eigenvalue weighted by molar-refractivity contribution is -0.258. The molecule has 15 heteroatoms. The molecule has 41 heavy (non-hydrogen) atoms. The molecule has 8 nitrogen and oxygen atoms in total. The SMILES string of the molecule is C[C@@](O)(c1ccc(N2CCN(S(=O)(=O)C3=CC=CCC3=S)C[C@@H]2CNS(=O)(=O)c2ccc(F)cc2)cc1)C(F)(F)F. The molecule has 1 heterocycles. The summed E-state index contributed by atoms with van der Waals surface area (Å²) < 4.78 is 110. The smallest absolute Gasteiger partial charge is 0.376 e. The van der Waals surface area contributed by atoms with Crippen LogP contribution in [0.4, 0.5) is 23.2 Å². The summed E-state index contributed by atoms with van der Waals surface area (Å²) in [4.78, 5) is 1.70. The van der Waals surface area contributed by atoms with Gasteiger partial charge in [0.25, 0.3) is 0 Å². The Hall–Kier alpha value is -2.69. The van der Waals surface area contributed by atoms with Gasteiger partial charge in [-0.25, -0.2) is 25.9 Å². The molecule has 2 aromatic carbocycles. The van der Waals surface area contributed by atoms with Crippen molar-refractivity contribution in [1.29, 1.82) is 0 Å². The molecule has 0 amide bonds. The first-order chi connectivity index (χ1) is 19.0. The van der Waals surface area contributed by atoms with E-state index >= 15 is 0 Å². The monoisotopic (exact) mass is 633 g/mol. The molecular formula is C26H27F4N3O5S3. The highest BCUT2D eigenvalue weighted by Crippen LogP contribution is 2.39. The van der Waals surface area contributed by atoms with Crippen LogP contribution in [0, 0.1) is 5.82 Å². The Kier molecular flexibility index (Phi) is 8.79. The van der Waals surface area contributed by atoms with Crippen LogP contribution in [0.3, 0.4) is 0 Å². The van der Waals surface area contributed by atoms with Crippen LogP contribution in [0.15, 0.2) is 76.6 Å². The van der Waals surface area contributed by atoms with E-state index in [2.05, 4.69) is 4.72 Å². The Morgan fingerprint density at radius 1 is 1.02 bits per heavy atom. The first-order valence-electron chi connectivity index (χ1n) is 12.4. The Morgan fingerprint density at radius 3 is 2.24 bits per heavy atom. The van der Waals surface area contributed by atoms with E-state index in [1.54, 1.807) is 17.1 Å². The van der Waals surface area contributed by atoms with Crippen molar-refractivity contribution in [1.82, 2.24) is 9.03 Å². The largest absolute Gasteiger partial charge is 0.421 e. The minimum Gasteiger partial charge on any atom is -0.376 e. The number of aliphatic hydroxyl groups is 1. The van der Waals surface area contributed by atoms with Crippen LogP contribution in [0.5, 0.6) is 0 Å². The van der Waals surface area contributed by atoms with Gasteiger partial charge in [-0.15, -0.1) is 0 Å². The van der Waals surface area contributed by atoms with Gasteiger partial charge in [-0.1, -0.05) is 36.5 Å². The van der Waals surface area contributed by atoms with Crippen molar-refractivity contribution < 1.29 is 39.5 Å². The maximum Gasteiger partial charge on any atom is 0.421 e. The summed E-state index contributed by atoms with van der Waals surface area (Å²) >= 11 is 5.25. The summed E-state index contributed by atoms with van der Waals surface area (Å²) in [6.07, 6.45) is 0.0937. The summed E-state index contributed by atoms with van der Waals surface area (Å²) in [6.45, 7) is 0.262. The van der Waals surface area contributed by atoms with Gasteiger partial charge < -0.3 is 10.0 Å². The van der Waals surface area contributed by atoms with Gasteiger partial charge in [0, 0.05) is 43.2 Å². The zero-order chi connectivity index (χ0) is 30.2. The second kappa shape index (κ2) is 11.5. The third-order valence-electron chi connectivity index (χ3n) is 6.97. The molecule has 0 aromatic heterocycles. The number of halogens is 4. The predicted octanol–water partition coefficient (Wildman–Crippen LogP) is 3.61. The lowest BCUT2D eigenvalue weighted by Gasteiger charge is -2.42. The van der Waals surface area contributed by atoms with E-state index in [4.69, 9.17) is 12.2 Å². The van der Waals surface area contributed by atoms with E-state index in [0.717, 1.165) is 36.4 Å². The number of sulfonamides is 2. The number of hydrogen-bond acceptors (Lipinski definition) is 7. The van der Waals surface area contributed by atoms with Crippen molar-refractivity contribution in [3.05, 3.63) is 83.0 Å². The first kappa shape index (κ1) is 31.3. The van der Waals surface area contributed by atoms with Gasteiger partial charge in [0.2, 0.25) is 20.0 Å². The van der Waals surface area contributed by atoms with Crippen LogP contribution in [0.1, 0.15) is 18.9 Å². The molecule has 2 aliphatic rings. The van der Waals surface area contributed by atoms with E-state index in [1.807, 2.05) is 0 Å². The highest BCUT2D eigenvalue weighted by atomic mass is 32.2. The molecule has 1 aliphatic heterocycles. The van der Waals surface area contributed by atoms with Gasteiger partial charge in [-0.05, 0) is 55.0 Å². The van der Waals surface area contributed by atoms with Crippen molar-refractivity contribution >= 4 is 42.8 Å². The Morgan fingerprint density at radius 2 is 1.66 bits per heavy atom. The van der Waals surface area contributed by atoms with Gasteiger partial charge in [0.1, 0.15) is 5.82 Å². The highest BCUT2D eigenvalue weighted by Gasteiger charge is 2.51. The molecule has 4 rings (SSSR count).